The summed E-state index contributed by atoms with van der Waals surface area (Å²) >= 11 is 0. The molecule has 0 aromatic carbocycles. The summed E-state index contributed by atoms with van der Waals surface area (Å²) in [4.78, 5) is 11.8. The Kier molecular flexibility index (Phi) is 7.00. The fourth-order valence-corrected chi connectivity index (χ4v) is 2.12. The quantitative estimate of drug-likeness (QED) is 0.564. The van der Waals surface area contributed by atoms with Gasteiger partial charge >= 0.3 is 0 Å². The first-order valence-corrected chi connectivity index (χ1v) is 8.04. The molecule has 0 N–H and O–H groups in total. The molecule has 120 valence electrons. The van der Waals surface area contributed by atoms with Crippen LogP contribution in [0.25, 0.3) is 0 Å². The van der Waals surface area contributed by atoms with Crippen molar-refractivity contribution in [3.8, 4) is 17.8 Å². The lowest BCUT2D eigenvalue weighted by Gasteiger charge is -2.08. The fourth-order valence-electron chi connectivity index (χ4n) is 2.12. The topological polar surface area (TPSA) is 39.4 Å². The van der Waals surface area contributed by atoms with Gasteiger partial charge in [-0.2, -0.15) is 0 Å². The van der Waals surface area contributed by atoms with E-state index in [1.807, 2.05) is 13.0 Å². The van der Waals surface area contributed by atoms with Crippen molar-refractivity contribution in [2.24, 2.45) is 0 Å². The maximum atomic E-state index is 11.8. The van der Waals surface area contributed by atoms with Crippen LogP contribution < -0.4 is 10.2 Å². The Bertz CT molecular complexity index is 708. The molecule has 0 saturated heterocycles. The van der Waals surface area contributed by atoms with Gasteiger partial charge in [-0.05, 0) is 18.9 Å². The Balaban J connectivity index is 2.22. The molecular weight excluding hydrogens is 288 g/mol. The van der Waals surface area contributed by atoms with Crippen molar-refractivity contribution in [3.05, 3.63) is 64.3 Å². The molecule has 2 heterocycles. The van der Waals surface area contributed by atoms with Gasteiger partial charge in [0.2, 0.25) is 0 Å². The molecule has 0 fully saturated rings. The monoisotopic (exact) mass is 310 g/mol. The van der Waals surface area contributed by atoms with Crippen molar-refractivity contribution in [2.45, 2.75) is 45.4 Å². The summed E-state index contributed by atoms with van der Waals surface area (Å²) in [5, 5.41) is 0. The minimum absolute atomic E-state index is 0.106. The van der Waals surface area contributed by atoms with Crippen LogP contribution in [0.5, 0.6) is 5.95 Å². The molecule has 0 atom stereocenters. The molecule has 0 aliphatic carbocycles. The Hall–Kier alpha value is -2.47. The predicted molar refractivity (Wildman–Crippen MR) is 92.2 cm³/mol. The maximum Gasteiger partial charge on any atom is 0.293 e. The van der Waals surface area contributed by atoms with E-state index >= 15 is 0 Å². The van der Waals surface area contributed by atoms with Crippen molar-refractivity contribution >= 4 is 0 Å². The second kappa shape index (κ2) is 9.53. The number of hydrogen-bond acceptors (Lipinski definition) is 3. The number of hydrogen-bond donors (Lipinski definition) is 0. The highest BCUT2D eigenvalue weighted by atomic mass is 16.6. The first-order chi connectivity index (χ1) is 11.3. The Labute approximate surface area is 137 Å². The number of aryl methyl sites for hydroxylation is 1. The minimum atomic E-state index is -0.106. The second-order valence-electron chi connectivity index (χ2n) is 5.18. The van der Waals surface area contributed by atoms with Crippen molar-refractivity contribution in [2.75, 3.05) is 0 Å². The van der Waals surface area contributed by atoms with E-state index in [2.05, 4.69) is 36.1 Å². The third-order valence-corrected chi connectivity index (χ3v) is 3.30. The zero-order valence-electron chi connectivity index (χ0n) is 13.5. The normalized spacial score (nSPS) is 18.6. The molecule has 3 heteroatoms. The summed E-state index contributed by atoms with van der Waals surface area (Å²) in [6.07, 6.45) is 14.9. The number of rotatable bonds is 1. The second-order valence-corrected chi connectivity index (χ2v) is 5.18. The van der Waals surface area contributed by atoms with Gasteiger partial charge in [-0.15, -0.1) is 5.92 Å². The molecule has 1 aromatic rings. The number of allylic oxidation sites excluding steroid dienone is 6. The highest BCUT2D eigenvalue weighted by Gasteiger charge is 2.05. The zero-order chi connectivity index (χ0) is 16.3. The van der Waals surface area contributed by atoms with E-state index in [4.69, 9.17) is 9.15 Å². The van der Waals surface area contributed by atoms with Gasteiger partial charge in [0.05, 0.1) is 6.07 Å². The molecular formula is C20H22O3. The van der Waals surface area contributed by atoms with Gasteiger partial charge in [-0.1, -0.05) is 37.1 Å². The lowest BCUT2D eigenvalue weighted by atomic mass is 10.2. The van der Waals surface area contributed by atoms with Gasteiger partial charge in [0, 0.05) is 31.7 Å². The summed E-state index contributed by atoms with van der Waals surface area (Å²) in [7, 11) is 0. The average molecular weight is 310 g/mol. The molecule has 23 heavy (non-hydrogen) atoms. The molecule has 3 nitrogen and oxygen atoms in total. The lowest BCUT2D eigenvalue weighted by molar-refractivity contribution is 0.285. The number of fused-ring (bicyclic) bond motifs is 2. The SMILES string of the molecule is CCC1=CC/C=C\C/C=C\CC#CCCc2cc(=O)cc(o2)O1. The highest BCUT2D eigenvalue weighted by Crippen LogP contribution is 2.17. The zero-order valence-corrected chi connectivity index (χ0v) is 13.5. The van der Waals surface area contributed by atoms with Gasteiger partial charge < -0.3 is 9.15 Å². The summed E-state index contributed by atoms with van der Waals surface area (Å²) in [5.41, 5.74) is -0.106. The van der Waals surface area contributed by atoms with E-state index in [0.717, 1.165) is 31.4 Å². The Morgan fingerprint density at radius 2 is 1.91 bits per heavy atom. The van der Waals surface area contributed by atoms with Crippen molar-refractivity contribution in [3.63, 3.8) is 0 Å². The van der Waals surface area contributed by atoms with Crippen LogP contribution in [-0.2, 0) is 6.42 Å². The summed E-state index contributed by atoms with van der Waals surface area (Å²) in [5.74, 6) is 7.85. The maximum absolute atomic E-state index is 11.8. The van der Waals surface area contributed by atoms with Gasteiger partial charge in [-0.25, -0.2) is 0 Å². The van der Waals surface area contributed by atoms with E-state index in [1.54, 1.807) is 0 Å². The van der Waals surface area contributed by atoms with Crippen LogP contribution in [-0.4, -0.2) is 0 Å². The summed E-state index contributed by atoms with van der Waals surface area (Å²) in [6.45, 7) is 2.01. The van der Waals surface area contributed by atoms with Crippen LogP contribution in [0.1, 0.15) is 44.8 Å². The molecule has 0 amide bonds. The van der Waals surface area contributed by atoms with Gasteiger partial charge in [0.15, 0.2) is 5.43 Å². The van der Waals surface area contributed by atoms with E-state index in [-0.39, 0.29) is 11.4 Å². The molecule has 1 aliphatic rings. The molecule has 0 unspecified atom stereocenters. The molecule has 2 rings (SSSR count). The average Bonchev–Trinajstić information content (AvgIpc) is 2.53. The van der Waals surface area contributed by atoms with Crippen LogP contribution in [0.2, 0.25) is 0 Å². The fraction of sp³-hybridized carbons (Fsp3) is 0.350. The van der Waals surface area contributed by atoms with E-state index in [0.29, 0.717) is 18.6 Å². The number of ether oxygens (including phenoxy) is 1. The lowest BCUT2D eigenvalue weighted by Crippen LogP contribution is -2.03. The highest BCUT2D eigenvalue weighted by molar-refractivity contribution is 5.15. The molecule has 1 aliphatic heterocycles. The molecule has 2 bridgehead atoms. The van der Waals surface area contributed by atoms with E-state index in [9.17, 15) is 4.79 Å². The molecule has 0 spiro atoms. The van der Waals surface area contributed by atoms with Crippen LogP contribution in [0.3, 0.4) is 0 Å². The van der Waals surface area contributed by atoms with Crippen molar-refractivity contribution in [1.82, 2.24) is 0 Å². The van der Waals surface area contributed by atoms with E-state index < -0.39 is 0 Å². The predicted octanol–water partition coefficient (Wildman–Crippen LogP) is 4.54. The largest absolute Gasteiger partial charge is 0.431 e. The van der Waals surface area contributed by atoms with Crippen LogP contribution in [0, 0.1) is 11.8 Å². The van der Waals surface area contributed by atoms with Crippen LogP contribution >= 0.6 is 0 Å². The van der Waals surface area contributed by atoms with Crippen LogP contribution in [0.15, 0.2) is 57.5 Å². The summed E-state index contributed by atoms with van der Waals surface area (Å²) < 4.78 is 11.4. The Morgan fingerprint density at radius 1 is 1.09 bits per heavy atom. The third kappa shape index (κ3) is 6.44. The minimum Gasteiger partial charge on any atom is -0.431 e. The van der Waals surface area contributed by atoms with Gasteiger partial charge in [-0.3, -0.25) is 4.79 Å². The smallest absolute Gasteiger partial charge is 0.293 e. The first-order valence-electron chi connectivity index (χ1n) is 8.04. The molecule has 0 radical (unpaired) electrons. The first kappa shape index (κ1) is 16.9. The third-order valence-electron chi connectivity index (χ3n) is 3.30. The van der Waals surface area contributed by atoms with Gasteiger partial charge in [0.1, 0.15) is 11.5 Å². The van der Waals surface area contributed by atoms with Crippen molar-refractivity contribution in [1.29, 1.82) is 0 Å². The summed E-state index contributed by atoms with van der Waals surface area (Å²) in [6, 6.07) is 2.88. The van der Waals surface area contributed by atoms with Crippen molar-refractivity contribution < 1.29 is 9.15 Å². The van der Waals surface area contributed by atoms with E-state index in [1.165, 1.54) is 12.1 Å². The molecule has 1 aromatic heterocycles. The van der Waals surface area contributed by atoms with Crippen LogP contribution in [0.4, 0.5) is 0 Å². The standard InChI is InChI=1S/C20H22O3/c1-2-18-13-11-9-7-5-3-4-6-8-10-12-14-19-15-17(21)16-20(22-18)23-19/h3-4,7,9,13,15-16H,2,5-6,11-12,14H2,1H3/b4-3-,9-7-,18-13?. The molecule has 0 saturated carbocycles. The van der Waals surface area contributed by atoms with Gasteiger partial charge in [0.25, 0.3) is 5.95 Å². The Morgan fingerprint density at radius 3 is 2.78 bits per heavy atom.